The van der Waals surface area contributed by atoms with Crippen molar-refractivity contribution in [1.82, 2.24) is 4.98 Å². The Balaban J connectivity index is 2.27. The number of rotatable bonds is 5. The van der Waals surface area contributed by atoms with Gasteiger partial charge in [0.05, 0.1) is 5.69 Å². The Labute approximate surface area is 163 Å². The number of carbonyl (C=O) groups excluding carboxylic acids is 2. The van der Waals surface area contributed by atoms with Crippen LogP contribution in [0.15, 0.2) is 23.1 Å². The molecule has 0 aliphatic carbocycles. The van der Waals surface area contributed by atoms with Crippen molar-refractivity contribution in [3.05, 3.63) is 45.5 Å². The predicted octanol–water partition coefficient (Wildman–Crippen LogP) is 3.99. The van der Waals surface area contributed by atoms with E-state index in [2.05, 4.69) is 10.3 Å². The van der Waals surface area contributed by atoms with Crippen LogP contribution in [0.3, 0.4) is 0 Å². The molecule has 1 aromatic heterocycles. The Hall–Kier alpha value is -2.98. The summed E-state index contributed by atoms with van der Waals surface area (Å²) in [5.74, 6) is -0.591. The van der Waals surface area contributed by atoms with E-state index in [1.54, 1.807) is 5.38 Å². The fraction of sp³-hybridized carbons (Fsp3) is 0.300. The van der Waals surface area contributed by atoms with Crippen molar-refractivity contribution >= 4 is 40.0 Å². The van der Waals surface area contributed by atoms with Gasteiger partial charge in [0, 0.05) is 24.5 Å². The summed E-state index contributed by atoms with van der Waals surface area (Å²) in [6.07, 6.45) is 1.43. The number of anilines is 2. The number of amides is 2. The first-order valence-corrected chi connectivity index (χ1v) is 9.39. The standard InChI is InChI=1S/C20H22N4O2S/c1-6-24(15(5)25)20-22-17(11-27-20)9-16(10-21)19(26)23-18-13(3)7-12(2)8-14(18)4/h7-9,11H,6H2,1-5H3,(H,23,26)/b16-9+. The third kappa shape index (κ3) is 4.80. The Kier molecular flexibility index (Phi) is 6.48. The van der Waals surface area contributed by atoms with E-state index < -0.39 is 5.91 Å². The fourth-order valence-electron chi connectivity index (χ4n) is 2.81. The largest absolute Gasteiger partial charge is 0.321 e. The average Bonchev–Trinajstić information content (AvgIpc) is 3.04. The van der Waals surface area contributed by atoms with E-state index >= 15 is 0 Å². The SMILES string of the molecule is CCN(C(C)=O)c1nc(/C=C(\C#N)C(=O)Nc2c(C)cc(C)cc2C)cs1. The molecule has 1 heterocycles. The number of aryl methyl sites for hydroxylation is 3. The maximum absolute atomic E-state index is 12.6. The van der Waals surface area contributed by atoms with Crippen LogP contribution in [0.25, 0.3) is 6.08 Å². The minimum absolute atomic E-state index is 0.0444. The van der Waals surface area contributed by atoms with Crippen molar-refractivity contribution in [2.75, 3.05) is 16.8 Å². The lowest BCUT2D eigenvalue weighted by Crippen LogP contribution is -2.27. The molecule has 0 bridgehead atoms. The Morgan fingerprint density at radius 3 is 2.44 bits per heavy atom. The molecule has 27 heavy (non-hydrogen) atoms. The molecule has 0 saturated carbocycles. The van der Waals surface area contributed by atoms with Crippen LogP contribution in [-0.2, 0) is 9.59 Å². The third-order valence-corrected chi connectivity index (χ3v) is 4.89. The lowest BCUT2D eigenvalue weighted by Gasteiger charge is -2.14. The summed E-state index contributed by atoms with van der Waals surface area (Å²) in [5.41, 5.74) is 4.12. The molecule has 1 N–H and O–H groups in total. The van der Waals surface area contributed by atoms with E-state index in [4.69, 9.17) is 0 Å². The van der Waals surface area contributed by atoms with Crippen LogP contribution in [0.5, 0.6) is 0 Å². The molecular formula is C20H22N4O2S. The van der Waals surface area contributed by atoms with Gasteiger partial charge in [-0.05, 0) is 44.9 Å². The maximum atomic E-state index is 12.6. The van der Waals surface area contributed by atoms with E-state index in [9.17, 15) is 14.9 Å². The number of thiazole rings is 1. The highest BCUT2D eigenvalue weighted by Crippen LogP contribution is 2.24. The van der Waals surface area contributed by atoms with Crippen molar-refractivity contribution in [1.29, 1.82) is 5.26 Å². The Morgan fingerprint density at radius 1 is 1.30 bits per heavy atom. The van der Waals surface area contributed by atoms with Gasteiger partial charge in [0.1, 0.15) is 11.6 Å². The van der Waals surface area contributed by atoms with Crippen LogP contribution in [0.1, 0.15) is 36.2 Å². The molecule has 6 nitrogen and oxygen atoms in total. The molecule has 0 fully saturated rings. The van der Waals surface area contributed by atoms with Gasteiger partial charge in [0.25, 0.3) is 5.91 Å². The lowest BCUT2D eigenvalue weighted by atomic mass is 10.0. The second-order valence-corrected chi connectivity index (χ2v) is 7.05. The number of carbonyl (C=O) groups is 2. The molecule has 0 atom stereocenters. The first kappa shape index (κ1) is 20.3. The summed E-state index contributed by atoms with van der Waals surface area (Å²) >= 11 is 1.29. The molecule has 140 valence electrons. The predicted molar refractivity (Wildman–Crippen MR) is 109 cm³/mol. The smallest absolute Gasteiger partial charge is 0.266 e. The second kappa shape index (κ2) is 8.60. The number of hydrogen-bond donors (Lipinski definition) is 1. The molecule has 2 amide bonds. The quantitative estimate of drug-likeness (QED) is 0.626. The van der Waals surface area contributed by atoms with Crippen molar-refractivity contribution in [3.63, 3.8) is 0 Å². The summed E-state index contributed by atoms with van der Waals surface area (Å²) in [4.78, 5) is 30.1. The van der Waals surface area contributed by atoms with Crippen LogP contribution in [-0.4, -0.2) is 23.3 Å². The molecule has 0 saturated heterocycles. The summed E-state index contributed by atoms with van der Waals surface area (Å²) in [7, 11) is 0. The molecule has 2 rings (SSSR count). The Bertz CT molecular complexity index is 930. The van der Waals surface area contributed by atoms with Gasteiger partial charge in [0.15, 0.2) is 5.13 Å². The number of nitrogens with zero attached hydrogens (tertiary/aromatic N) is 3. The fourth-order valence-corrected chi connectivity index (χ4v) is 3.70. The Morgan fingerprint density at radius 2 is 1.93 bits per heavy atom. The van der Waals surface area contributed by atoms with Crippen LogP contribution in [0.2, 0.25) is 0 Å². The minimum Gasteiger partial charge on any atom is -0.321 e. The molecule has 1 aromatic carbocycles. The van der Waals surface area contributed by atoms with Gasteiger partial charge >= 0.3 is 0 Å². The number of hydrogen-bond acceptors (Lipinski definition) is 5. The van der Waals surface area contributed by atoms with Crippen molar-refractivity contribution in [3.8, 4) is 6.07 Å². The van der Waals surface area contributed by atoms with Gasteiger partial charge in [-0.3, -0.25) is 14.5 Å². The normalized spacial score (nSPS) is 11.0. The highest BCUT2D eigenvalue weighted by atomic mass is 32.1. The summed E-state index contributed by atoms with van der Waals surface area (Å²) in [6, 6.07) is 5.89. The molecular weight excluding hydrogens is 360 g/mol. The second-order valence-electron chi connectivity index (χ2n) is 6.22. The summed E-state index contributed by atoms with van der Waals surface area (Å²) < 4.78 is 0. The summed E-state index contributed by atoms with van der Waals surface area (Å²) in [6.45, 7) is 9.66. The highest BCUT2D eigenvalue weighted by Gasteiger charge is 2.16. The summed E-state index contributed by atoms with van der Waals surface area (Å²) in [5, 5.41) is 14.5. The molecule has 0 spiro atoms. The van der Waals surface area contributed by atoms with E-state index in [0.717, 1.165) is 16.7 Å². The number of nitrogens with one attached hydrogen (secondary N) is 1. The van der Waals surface area contributed by atoms with Gasteiger partial charge in [-0.25, -0.2) is 4.98 Å². The molecule has 0 unspecified atom stereocenters. The van der Waals surface area contributed by atoms with E-state index in [1.165, 1.54) is 29.2 Å². The molecule has 0 aliphatic heterocycles. The van der Waals surface area contributed by atoms with Crippen LogP contribution in [0, 0.1) is 32.1 Å². The van der Waals surface area contributed by atoms with Crippen LogP contribution >= 0.6 is 11.3 Å². The van der Waals surface area contributed by atoms with Crippen molar-refractivity contribution in [2.24, 2.45) is 0 Å². The number of aromatic nitrogens is 1. The van der Waals surface area contributed by atoms with E-state index in [-0.39, 0.29) is 11.5 Å². The third-order valence-electron chi connectivity index (χ3n) is 4.01. The van der Waals surface area contributed by atoms with Crippen LogP contribution in [0.4, 0.5) is 10.8 Å². The topological polar surface area (TPSA) is 86.1 Å². The highest BCUT2D eigenvalue weighted by molar-refractivity contribution is 7.14. The first-order valence-electron chi connectivity index (χ1n) is 8.51. The van der Waals surface area contributed by atoms with Crippen molar-refractivity contribution in [2.45, 2.75) is 34.6 Å². The zero-order valence-corrected chi connectivity index (χ0v) is 16.9. The zero-order chi connectivity index (χ0) is 20.1. The minimum atomic E-state index is -0.485. The van der Waals surface area contributed by atoms with E-state index in [0.29, 0.717) is 23.1 Å². The average molecular weight is 382 g/mol. The molecule has 0 radical (unpaired) electrons. The van der Waals surface area contributed by atoms with Crippen molar-refractivity contribution < 1.29 is 9.59 Å². The monoisotopic (exact) mass is 382 g/mol. The maximum Gasteiger partial charge on any atom is 0.266 e. The molecule has 2 aromatic rings. The number of benzene rings is 1. The van der Waals surface area contributed by atoms with Gasteiger partial charge < -0.3 is 5.32 Å². The molecule has 0 aliphatic rings. The number of nitriles is 1. The zero-order valence-electron chi connectivity index (χ0n) is 16.1. The van der Waals surface area contributed by atoms with Gasteiger partial charge in [-0.15, -0.1) is 11.3 Å². The van der Waals surface area contributed by atoms with Gasteiger partial charge in [0.2, 0.25) is 5.91 Å². The van der Waals surface area contributed by atoms with Gasteiger partial charge in [-0.2, -0.15) is 5.26 Å². The molecule has 7 heteroatoms. The van der Waals surface area contributed by atoms with Gasteiger partial charge in [-0.1, -0.05) is 17.7 Å². The van der Waals surface area contributed by atoms with Crippen LogP contribution < -0.4 is 10.2 Å². The van der Waals surface area contributed by atoms with E-state index in [1.807, 2.05) is 45.9 Å². The lowest BCUT2D eigenvalue weighted by molar-refractivity contribution is -0.116. The first-order chi connectivity index (χ1) is 12.8.